The van der Waals surface area contributed by atoms with Crippen molar-refractivity contribution in [3.05, 3.63) is 117 Å². The Labute approximate surface area is 223 Å². The summed E-state index contributed by atoms with van der Waals surface area (Å²) in [5.41, 5.74) is 5.89. The van der Waals surface area contributed by atoms with Crippen LogP contribution in [0.3, 0.4) is 0 Å². The number of fused-ring (bicyclic) bond motifs is 4. The molecule has 0 saturated carbocycles. The zero-order chi connectivity index (χ0) is 27.9. The number of benzene rings is 2. The largest absolute Gasteiger partial charge is 0.326 e. The lowest BCUT2D eigenvalue weighted by Gasteiger charge is -1.93. The highest BCUT2D eigenvalue weighted by molar-refractivity contribution is 5.98. The van der Waals surface area contributed by atoms with Gasteiger partial charge < -0.3 is 30.2 Å². The van der Waals surface area contributed by atoms with E-state index in [1.165, 1.54) is 6.33 Å². The van der Waals surface area contributed by atoms with Gasteiger partial charge in [-0.3, -0.25) is 14.8 Å². The first-order valence-electron chi connectivity index (χ1n) is 11.9. The fourth-order valence-corrected chi connectivity index (χ4v) is 3.80. The van der Waals surface area contributed by atoms with Crippen LogP contribution in [0.25, 0.3) is 33.2 Å². The van der Waals surface area contributed by atoms with Gasteiger partial charge in [0.15, 0.2) is 5.65 Å². The van der Waals surface area contributed by atoms with Crippen molar-refractivity contribution in [3.8, 4) is 0 Å². The fourth-order valence-electron chi connectivity index (χ4n) is 3.80. The van der Waals surface area contributed by atoms with E-state index in [1.54, 1.807) is 24.7 Å². The van der Waals surface area contributed by atoms with Gasteiger partial charge in [-0.05, 0) is 29.8 Å². The van der Waals surface area contributed by atoms with Crippen LogP contribution >= 0.6 is 0 Å². The molecule has 7 aromatic rings. The van der Waals surface area contributed by atoms with Crippen LogP contribution in [0.4, 0.5) is 5.69 Å². The third kappa shape index (κ3) is 6.25. The third-order valence-electron chi connectivity index (χ3n) is 5.58. The maximum absolute atomic E-state index is 10.8. The summed E-state index contributed by atoms with van der Waals surface area (Å²) in [6.45, 7) is 0. The van der Waals surface area contributed by atoms with Crippen LogP contribution in [0.5, 0.6) is 0 Å². The number of H-pyrrole nitrogens is 6. The third-order valence-corrected chi connectivity index (χ3v) is 5.58. The van der Waals surface area contributed by atoms with Gasteiger partial charge in [0.25, 0.3) is 0 Å². The predicted octanol–water partition coefficient (Wildman–Crippen LogP) is 1.93. The Kier molecular flexibility index (Phi) is 7.39. The Hall–Kier alpha value is -6.05. The van der Waals surface area contributed by atoms with E-state index in [1.807, 2.05) is 48.5 Å². The average molecular weight is 539 g/mol. The summed E-state index contributed by atoms with van der Waals surface area (Å²) in [5.74, 6) is 0.0983. The smallest absolute Gasteiger partial charge is 0.325 e. The van der Waals surface area contributed by atoms with E-state index >= 15 is 0 Å². The minimum absolute atomic E-state index is 0.0983. The van der Waals surface area contributed by atoms with Crippen molar-refractivity contribution >= 4 is 44.8 Å². The minimum Gasteiger partial charge on any atom is -0.326 e. The highest BCUT2D eigenvalue weighted by Crippen LogP contribution is 2.21. The molecular weight excluding hydrogens is 516 g/mol. The lowest BCUT2D eigenvalue weighted by Crippen LogP contribution is -2.03. The molecule has 14 nitrogen and oxygen atoms in total. The van der Waals surface area contributed by atoms with Crippen molar-refractivity contribution in [3.63, 3.8) is 0 Å². The molecule has 0 fully saturated rings. The van der Waals surface area contributed by atoms with E-state index in [0.29, 0.717) is 17.6 Å². The Morgan fingerprint density at radius 2 is 1.15 bits per heavy atom. The molecule has 0 spiro atoms. The van der Waals surface area contributed by atoms with E-state index in [0.717, 1.165) is 33.3 Å². The summed E-state index contributed by atoms with van der Waals surface area (Å²) in [7, 11) is 0. The van der Waals surface area contributed by atoms with Crippen molar-refractivity contribution < 1.29 is 4.79 Å². The predicted molar refractivity (Wildman–Crippen MR) is 149 cm³/mol. The maximum atomic E-state index is 10.8. The maximum Gasteiger partial charge on any atom is 0.325 e. The first kappa shape index (κ1) is 25.6. The van der Waals surface area contributed by atoms with E-state index in [-0.39, 0.29) is 23.0 Å². The van der Waals surface area contributed by atoms with Crippen LogP contribution in [0.15, 0.2) is 93.9 Å². The SMILES string of the molecule is O=C1Cc2ccccc2N1.O=c1[nH]c2ccccc2[nH]1.O=c1[nH]c2ccncc2[nH]1.O=c1[nH]c2cncnc2[nH]1. The molecule has 7 N–H and O–H groups in total. The van der Waals surface area contributed by atoms with Crippen molar-refractivity contribution in [2.45, 2.75) is 6.42 Å². The summed E-state index contributed by atoms with van der Waals surface area (Å²) < 4.78 is 0. The molecule has 1 amide bonds. The number of aromatic amines is 6. The number of imidazole rings is 3. The molecular formula is C26H22N10O4. The van der Waals surface area contributed by atoms with Crippen molar-refractivity contribution in [2.75, 3.05) is 5.32 Å². The molecule has 6 heterocycles. The average Bonchev–Trinajstić information content (AvgIpc) is 3.71. The standard InChI is InChI=1S/C8H7NO.C7H6N2O.C6H5N3O.C5H4N4O/c10-8-5-6-3-1-2-4-7(6)9-8;10-7-8-5-3-1-2-4-6(5)9-7;10-6-8-4-1-2-7-3-5(4)9-6;10-5-8-3-1-6-2-7-4(3)9-5/h1-4H,5H2,(H,9,10);1-4H,(H2,8,9,10);1-3H,(H2,8,9,10);1-2H,(H2,6,7,8,9,10). The molecule has 0 aliphatic carbocycles. The van der Waals surface area contributed by atoms with Crippen LogP contribution in [-0.4, -0.2) is 50.8 Å². The Bertz CT molecular complexity index is 1750. The first-order chi connectivity index (χ1) is 19.4. The number of hydrogen-bond donors (Lipinski definition) is 7. The van der Waals surface area contributed by atoms with Crippen molar-refractivity contribution in [1.82, 2.24) is 44.9 Å². The van der Waals surface area contributed by atoms with Gasteiger partial charge in [-0.2, -0.15) is 0 Å². The highest BCUT2D eigenvalue weighted by atomic mass is 16.2. The summed E-state index contributed by atoms with van der Waals surface area (Å²) in [4.78, 5) is 69.6. The number of carbonyl (C=O) groups excluding carboxylic acids is 1. The van der Waals surface area contributed by atoms with Crippen molar-refractivity contribution in [1.29, 1.82) is 0 Å². The molecule has 0 saturated heterocycles. The Balaban J connectivity index is 0.000000108. The van der Waals surface area contributed by atoms with Gasteiger partial charge in [-0.15, -0.1) is 0 Å². The summed E-state index contributed by atoms with van der Waals surface area (Å²) in [6.07, 6.45) is 6.70. The number of nitrogens with zero attached hydrogens (tertiary/aromatic N) is 3. The molecule has 5 aromatic heterocycles. The second kappa shape index (κ2) is 11.6. The van der Waals surface area contributed by atoms with E-state index in [2.05, 4.69) is 50.2 Å². The number of amides is 1. The minimum atomic E-state index is -0.254. The van der Waals surface area contributed by atoms with Crippen LogP contribution < -0.4 is 22.4 Å². The molecule has 2 aromatic carbocycles. The lowest BCUT2D eigenvalue weighted by atomic mass is 10.2. The number of para-hydroxylation sites is 3. The monoisotopic (exact) mass is 538 g/mol. The fraction of sp³-hybridized carbons (Fsp3) is 0.0385. The van der Waals surface area contributed by atoms with Crippen LogP contribution in [0.1, 0.15) is 5.56 Å². The molecule has 8 rings (SSSR count). The summed E-state index contributed by atoms with van der Waals surface area (Å²) in [5, 5.41) is 2.76. The van der Waals surface area contributed by atoms with Crippen molar-refractivity contribution in [2.24, 2.45) is 0 Å². The number of pyridine rings is 1. The Morgan fingerprint density at radius 1 is 0.575 bits per heavy atom. The lowest BCUT2D eigenvalue weighted by molar-refractivity contribution is -0.115. The second-order valence-electron chi connectivity index (χ2n) is 8.37. The number of nitrogens with one attached hydrogen (secondary N) is 7. The van der Waals surface area contributed by atoms with Gasteiger partial charge in [-0.25, -0.2) is 24.4 Å². The zero-order valence-corrected chi connectivity index (χ0v) is 20.7. The molecule has 14 heteroatoms. The summed E-state index contributed by atoms with van der Waals surface area (Å²) in [6, 6.07) is 17.0. The van der Waals surface area contributed by atoms with Gasteiger partial charge in [0.2, 0.25) is 5.91 Å². The van der Waals surface area contributed by atoms with Gasteiger partial charge in [0, 0.05) is 11.9 Å². The molecule has 1 aliphatic rings. The first-order valence-corrected chi connectivity index (χ1v) is 11.9. The number of carbonyl (C=O) groups is 1. The second-order valence-corrected chi connectivity index (χ2v) is 8.37. The molecule has 0 unspecified atom stereocenters. The molecule has 0 radical (unpaired) electrons. The van der Waals surface area contributed by atoms with Crippen LogP contribution in [-0.2, 0) is 11.2 Å². The van der Waals surface area contributed by atoms with Gasteiger partial charge in [0.1, 0.15) is 11.8 Å². The normalized spacial score (nSPS) is 11.4. The van der Waals surface area contributed by atoms with E-state index < -0.39 is 0 Å². The van der Waals surface area contributed by atoms with Gasteiger partial charge in [0.05, 0.1) is 40.9 Å². The molecule has 200 valence electrons. The van der Waals surface area contributed by atoms with Crippen LogP contribution in [0.2, 0.25) is 0 Å². The zero-order valence-electron chi connectivity index (χ0n) is 20.7. The number of hydrogen-bond acceptors (Lipinski definition) is 7. The number of rotatable bonds is 0. The molecule has 1 aliphatic heterocycles. The van der Waals surface area contributed by atoms with Gasteiger partial charge >= 0.3 is 17.1 Å². The number of aromatic nitrogens is 9. The molecule has 40 heavy (non-hydrogen) atoms. The highest BCUT2D eigenvalue weighted by Gasteiger charge is 2.15. The van der Waals surface area contributed by atoms with Crippen LogP contribution in [0, 0.1) is 0 Å². The Morgan fingerprint density at radius 3 is 1.82 bits per heavy atom. The summed E-state index contributed by atoms with van der Waals surface area (Å²) >= 11 is 0. The van der Waals surface area contributed by atoms with E-state index in [9.17, 15) is 19.2 Å². The van der Waals surface area contributed by atoms with E-state index in [4.69, 9.17) is 0 Å². The molecule has 0 atom stereocenters. The number of anilines is 1. The topological polar surface area (TPSA) is 214 Å². The van der Waals surface area contributed by atoms with Gasteiger partial charge in [-0.1, -0.05) is 30.3 Å². The quantitative estimate of drug-likeness (QED) is 0.152. The molecule has 0 bridgehead atoms.